The topological polar surface area (TPSA) is 0 Å². The maximum Gasteiger partial charge on any atom is -0.00199 e. The van der Waals surface area contributed by atoms with Crippen molar-refractivity contribution in [2.75, 3.05) is 0 Å². The van der Waals surface area contributed by atoms with Crippen LogP contribution >= 0.6 is 0 Å². The Morgan fingerprint density at radius 2 is 0.333 bits per heavy atom. The van der Waals surface area contributed by atoms with Crippen LogP contribution in [-0.2, 0) is 0 Å². The van der Waals surface area contributed by atoms with Gasteiger partial charge >= 0.3 is 0 Å². The minimum Gasteiger partial charge on any atom is -0.0622 e. The molecule has 0 aromatic heterocycles. The molecule has 15 aromatic rings. The Bertz CT molecular complexity index is 4380. The lowest BCUT2D eigenvalue weighted by molar-refractivity contribution is 1.59. The van der Waals surface area contributed by atoms with Crippen molar-refractivity contribution in [1.29, 1.82) is 0 Å². The predicted molar refractivity (Wildman–Crippen MR) is 335 cm³/mol. The average molecular weight is 987 g/mol. The number of fused-ring (bicyclic) bond motifs is 6. The van der Waals surface area contributed by atoms with Crippen molar-refractivity contribution in [3.63, 3.8) is 0 Å². The molecule has 0 spiro atoms. The summed E-state index contributed by atoms with van der Waals surface area (Å²) < 4.78 is 0. The highest BCUT2D eigenvalue weighted by molar-refractivity contribution is 6.28. The van der Waals surface area contributed by atoms with Crippen LogP contribution in [0.4, 0.5) is 0 Å². The molecule has 78 heavy (non-hydrogen) atoms. The van der Waals surface area contributed by atoms with E-state index in [1.54, 1.807) is 0 Å². The SMILES string of the molecule is c1ccc(-c2ccccc2-c2c3ccc(-c4c5ccccc5c(-c5ccccc5)c5ccccc45)cc3c(-c3ccccc3-c3ccccc3)c3ccc(-c4c5ccccc5c(-c5ccccc5)c5ccccc45)cc23)cc1. The molecule has 0 aliphatic carbocycles. The summed E-state index contributed by atoms with van der Waals surface area (Å²) in [7, 11) is 0. The van der Waals surface area contributed by atoms with Crippen LogP contribution in [0.1, 0.15) is 0 Å². The van der Waals surface area contributed by atoms with Crippen molar-refractivity contribution in [2.24, 2.45) is 0 Å². The third-order valence-corrected chi connectivity index (χ3v) is 16.2. The molecule has 15 aromatic carbocycles. The monoisotopic (exact) mass is 986 g/mol. The van der Waals surface area contributed by atoms with E-state index in [4.69, 9.17) is 0 Å². The van der Waals surface area contributed by atoms with Crippen LogP contribution < -0.4 is 0 Å². The van der Waals surface area contributed by atoms with E-state index in [1.165, 1.54) is 154 Å². The number of hydrogen-bond acceptors (Lipinski definition) is 0. The van der Waals surface area contributed by atoms with Crippen LogP contribution in [0.5, 0.6) is 0 Å². The lowest BCUT2D eigenvalue weighted by Crippen LogP contribution is -1.96. The summed E-state index contributed by atoms with van der Waals surface area (Å²) in [6, 6.07) is 113. The fourth-order valence-corrected chi connectivity index (χ4v) is 13.0. The Morgan fingerprint density at radius 3 is 0.628 bits per heavy atom. The summed E-state index contributed by atoms with van der Waals surface area (Å²) in [5, 5.41) is 14.7. The standard InChI is InChI=1S/C78H50/c1-5-25-51(26-6-1)57-33-13-15-35-59(57)77-69-47-45-56(76-67-43-23-19-39-63(67)74(54-31-11-4-12-32-54)64-40-20-24-44-68(64)76)50-72(69)78(60-36-16-14-34-58(60)52-27-7-2-8-28-52)70-48-46-55(49-71(70)77)75-65-41-21-17-37-61(65)73(53-29-9-3-10-30-53)62-38-18-22-42-66(62)75/h1-50H. The van der Waals surface area contributed by atoms with E-state index in [-0.39, 0.29) is 0 Å². The Hall–Kier alpha value is -10.1. The second kappa shape index (κ2) is 18.9. The molecule has 0 radical (unpaired) electrons. The molecule has 0 saturated heterocycles. The Balaban J connectivity index is 1.11. The first-order valence-corrected chi connectivity index (χ1v) is 27.1. The number of hydrogen-bond donors (Lipinski definition) is 0. The molecule has 0 aliphatic rings. The van der Waals surface area contributed by atoms with Gasteiger partial charge in [-0.2, -0.15) is 0 Å². The first-order valence-electron chi connectivity index (χ1n) is 27.1. The van der Waals surface area contributed by atoms with Crippen LogP contribution in [0.3, 0.4) is 0 Å². The number of benzene rings is 15. The van der Waals surface area contributed by atoms with Crippen LogP contribution in [0.15, 0.2) is 303 Å². The van der Waals surface area contributed by atoms with Crippen molar-refractivity contribution >= 4 is 64.6 Å². The molecule has 0 aliphatic heterocycles. The first-order chi connectivity index (χ1) is 38.8. The average Bonchev–Trinajstić information content (AvgIpc) is 3.71. The zero-order chi connectivity index (χ0) is 51.5. The molecule has 0 N–H and O–H groups in total. The van der Waals surface area contributed by atoms with E-state index in [0.717, 1.165) is 0 Å². The highest BCUT2D eigenvalue weighted by atomic mass is 14.3. The van der Waals surface area contributed by atoms with Gasteiger partial charge in [0.2, 0.25) is 0 Å². The van der Waals surface area contributed by atoms with Crippen LogP contribution in [0.25, 0.3) is 154 Å². The second-order valence-electron chi connectivity index (χ2n) is 20.5. The predicted octanol–water partition coefficient (Wildman–Crippen LogP) is 21.9. The molecular formula is C78H50. The normalized spacial score (nSPS) is 11.6. The van der Waals surface area contributed by atoms with Crippen LogP contribution in [-0.4, -0.2) is 0 Å². The van der Waals surface area contributed by atoms with Gasteiger partial charge in [0.05, 0.1) is 0 Å². The van der Waals surface area contributed by atoms with E-state index < -0.39 is 0 Å². The molecule has 0 atom stereocenters. The lowest BCUT2D eigenvalue weighted by atomic mass is 9.79. The maximum atomic E-state index is 2.52. The Labute approximate surface area is 454 Å². The smallest absolute Gasteiger partial charge is 0.00199 e. The van der Waals surface area contributed by atoms with Gasteiger partial charge in [-0.25, -0.2) is 0 Å². The van der Waals surface area contributed by atoms with E-state index in [9.17, 15) is 0 Å². The molecule has 362 valence electrons. The molecule has 15 rings (SSSR count). The lowest BCUT2D eigenvalue weighted by Gasteiger charge is -2.23. The molecule has 0 unspecified atom stereocenters. The zero-order valence-corrected chi connectivity index (χ0v) is 42.9. The van der Waals surface area contributed by atoms with Gasteiger partial charge in [-0.3, -0.25) is 0 Å². The highest BCUT2D eigenvalue weighted by Crippen LogP contribution is 2.52. The van der Waals surface area contributed by atoms with Gasteiger partial charge in [0.15, 0.2) is 0 Å². The van der Waals surface area contributed by atoms with Crippen LogP contribution in [0, 0.1) is 0 Å². The summed E-state index contributed by atoms with van der Waals surface area (Å²) in [5.74, 6) is 0. The van der Waals surface area contributed by atoms with E-state index in [2.05, 4.69) is 303 Å². The fourth-order valence-electron chi connectivity index (χ4n) is 13.0. The zero-order valence-electron chi connectivity index (χ0n) is 42.9. The molecule has 0 amide bonds. The summed E-state index contributed by atoms with van der Waals surface area (Å²) in [6.07, 6.45) is 0. The molecule has 0 fully saturated rings. The maximum absolute atomic E-state index is 2.52. The van der Waals surface area contributed by atoms with Gasteiger partial charge in [0.1, 0.15) is 0 Å². The van der Waals surface area contributed by atoms with Gasteiger partial charge in [-0.05, 0) is 166 Å². The van der Waals surface area contributed by atoms with Crippen molar-refractivity contribution in [1.82, 2.24) is 0 Å². The minimum absolute atomic E-state index is 1.18. The summed E-state index contributed by atoms with van der Waals surface area (Å²) in [5.41, 5.74) is 19.4. The summed E-state index contributed by atoms with van der Waals surface area (Å²) >= 11 is 0. The summed E-state index contributed by atoms with van der Waals surface area (Å²) in [4.78, 5) is 0. The third kappa shape index (κ3) is 7.37. The van der Waals surface area contributed by atoms with Gasteiger partial charge in [0, 0.05) is 0 Å². The van der Waals surface area contributed by atoms with Crippen molar-refractivity contribution in [3.05, 3.63) is 303 Å². The molecule has 0 nitrogen and oxygen atoms in total. The summed E-state index contributed by atoms with van der Waals surface area (Å²) in [6.45, 7) is 0. The fraction of sp³-hybridized carbons (Fsp3) is 0. The third-order valence-electron chi connectivity index (χ3n) is 16.2. The molecule has 0 bridgehead atoms. The largest absolute Gasteiger partial charge is 0.0622 e. The van der Waals surface area contributed by atoms with Crippen molar-refractivity contribution in [3.8, 4) is 89.0 Å². The Morgan fingerprint density at radius 1 is 0.115 bits per heavy atom. The molecule has 0 heterocycles. The van der Waals surface area contributed by atoms with Gasteiger partial charge in [-0.15, -0.1) is 0 Å². The van der Waals surface area contributed by atoms with Crippen LogP contribution in [0.2, 0.25) is 0 Å². The molecule has 0 saturated carbocycles. The number of rotatable bonds is 8. The van der Waals surface area contributed by atoms with Gasteiger partial charge in [-0.1, -0.05) is 291 Å². The first kappa shape index (κ1) is 45.3. The van der Waals surface area contributed by atoms with E-state index in [0.29, 0.717) is 0 Å². The van der Waals surface area contributed by atoms with E-state index >= 15 is 0 Å². The minimum atomic E-state index is 1.18. The van der Waals surface area contributed by atoms with Gasteiger partial charge < -0.3 is 0 Å². The molecular weight excluding hydrogens is 937 g/mol. The Kier molecular flexibility index (Phi) is 11.0. The molecule has 0 heteroatoms. The van der Waals surface area contributed by atoms with Crippen molar-refractivity contribution in [2.45, 2.75) is 0 Å². The van der Waals surface area contributed by atoms with E-state index in [1.807, 2.05) is 0 Å². The highest BCUT2D eigenvalue weighted by Gasteiger charge is 2.25. The quantitative estimate of drug-likeness (QED) is 0.133. The van der Waals surface area contributed by atoms with Gasteiger partial charge in [0.25, 0.3) is 0 Å². The second-order valence-corrected chi connectivity index (χ2v) is 20.5. The van der Waals surface area contributed by atoms with Crippen molar-refractivity contribution < 1.29 is 0 Å².